The molecule has 0 radical (unpaired) electrons. The molecule has 8 nitrogen and oxygen atoms in total. The number of rotatable bonds is 3. The van der Waals surface area contributed by atoms with E-state index in [4.69, 9.17) is 16.3 Å². The summed E-state index contributed by atoms with van der Waals surface area (Å²) in [5, 5.41) is 13.7. The number of β-amino-alcohol motifs (C(OH)–C–C–N with tert-alkyl or cyclic N) is 1. The average molecular weight is 521 g/mol. The van der Waals surface area contributed by atoms with Gasteiger partial charge in [-0.1, -0.05) is 41.9 Å². The van der Waals surface area contributed by atoms with Crippen molar-refractivity contribution in [3.8, 4) is 0 Å². The van der Waals surface area contributed by atoms with E-state index in [0.29, 0.717) is 35.4 Å². The second-order valence-corrected chi connectivity index (χ2v) is 10.8. The maximum atomic E-state index is 13.7. The molecule has 0 aliphatic carbocycles. The van der Waals surface area contributed by atoms with Crippen LogP contribution in [0.25, 0.3) is 21.7 Å². The lowest BCUT2D eigenvalue weighted by molar-refractivity contribution is -0.0105. The van der Waals surface area contributed by atoms with E-state index in [1.165, 1.54) is 15.8 Å². The summed E-state index contributed by atoms with van der Waals surface area (Å²) in [6, 6.07) is 12.9. The zero-order valence-electron chi connectivity index (χ0n) is 21.0. The zero-order chi connectivity index (χ0) is 26.3. The van der Waals surface area contributed by atoms with Crippen LogP contribution in [0.4, 0.5) is 4.79 Å². The number of hydrogen-bond acceptors (Lipinski definition) is 6. The molecule has 2 aromatic carbocycles. The van der Waals surface area contributed by atoms with Crippen LogP contribution in [-0.4, -0.2) is 55.4 Å². The highest BCUT2D eigenvalue weighted by molar-refractivity contribution is 6.29. The molecule has 0 saturated carbocycles. The lowest BCUT2D eigenvalue weighted by Gasteiger charge is -2.37. The minimum absolute atomic E-state index is 0.0800. The Morgan fingerprint density at radius 3 is 2.57 bits per heavy atom. The van der Waals surface area contributed by atoms with Gasteiger partial charge in [0.05, 0.1) is 35.9 Å². The molecule has 1 amide bonds. The number of aromatic nitrogens is 3. The molecule has 37 heavy (non-hydrogen) atoms. The number of nitrogens with zero attached hydrogens (tertiary/aromatic N) is 4. The van der Waals surface area contributed by atoms with Crippen LogP contribution >= 0.6 is 11.6 Å². The molecule has 4 aromatic rings. The molecule has 1 aliphatic heterocycles. The largest absolute Gasteiger partial charge is 0.444 e. The molecule has 192 valence electrons. The number of fused-ring (bicyclic) bond motifs is 3. The molecule has 1 aliphatic rings. The third-order valence-electron chi connectivity index (χ3n) is 6.62. The van der Waals surface area contributed by atoms with Crippen molar-refractivity contribution in [1.82, 2.24) is 19.4 Å². The summed E-state index contributed by atoms with van der Waals surface area (Å²) in [6.07, 6.45) is 2.82. The Hall–Kier alpha value is -3.49. The summed E-state index contributed by atoms with van der Waals surface area (Å²) < 4.78 is 6.94. The van der Waals surface area contributed by atoms with Crippen molar-refractivity contribution in [2.75, 3.05) is 13.1 Å². The van der Waals surface area contributed by atoms with Crippen molar-refractivity contribution < 1.29 is 14.6 Å². The van der Waals surface area contributed by atoms with Crippen LogP contribution < -0.4 is 5.56 Å². The number of piperidine rings is 1. The maximum absolute atomic E-state index is 13.7. The highest BCUT2D eigenvalue weighted by Gasteiger charge is 2.34. The first-order valence-corrected chi connectivity index (χ1v) is 12.7. The third kappa shape index (κ3) is 5.17. The second-order valence-electron chi connectivity index (χ2n) is 10.5. The van der Waals surface area contributed by atoms with Crippen LogP contribution in [0.1, 0.15) is 44.4 Å². The number of aliphatic hydroxyl groups excluding tert-OH is 1. The van der Waals surface area contributed by atoms with Gasteiger partial charge in [-0.25, -0.2) is 14.8 Å². The van der Waals surface area contributed by atoms with Crippen LogP contribution in [0.2, 0.25) is 5.15 Å². The van der Waals surface area contributed by atoms with Gasteiger partial charge in [0.2, 0.25) is 0 Å². The summed E-state index contributed by atoms with van der Waals surface area (Å²) in [4.78, 5) is 36.5. The van der Waals surface area contributed by atoms with E-state index in [0.717, 1.165) is 21.9 Å². The van der Waals surface area contributed by atoms with Crippen molar-refractivity contribution in [1.29, 1.82) is 0 Å². The molecule has 5 rings (SSSR count). The van der Waals surface area contributed by atoms with E-state index < -0.39 is 23.8 Å². The van der Waals surface area contributed by atoms with E-state index in [-0.39, 0.29) is 12.1 Å². The predicted octanol–water partition coefficient (Wildman–Crippen LogP) is 4.73. The van der Waals surface area contributed by atoms with Crippen molar-refractivity contribution in [2.45, 2.75) is 51.4 Å². The standard InChI is InChI=1S/C28H29ClN4O4/c1-28(2,3)37-27(36)32-11-10-22(23(34)15-32)33-16-31-25-20-7-5-4-6-19(20)18(13-21(25)26(33)35)12-17-8-9-24(29)30-14-17/h4-9,13-14,16,22-23,34H,10-12,15H2,1-3H3/t22-,23-/m1/s1. The number of carbonyl (C=O) groups excluding carboxylic acids is 1. The number of amides is 1. The number of pyridine rings is 1. The SMILES string of the molecule is CC(C)(C)OC(=O)N1CC[C@@H](n2cnc3c(cc(Cc4ccc(Cl)nc4)c4ccccc43)c2=O)[C@H](O)C1. The van der Waals surface area contributed by atoms with Crippen LogP contribution in [-0.2, 0) is 11.2 Å². The van der Waals surface area contributed by atoms with E-state index in [1.807, 2.05) is 36.4 Å². The fraction of sp³-hybridized carbons (Fsp3) is 0.357. The average Bonchev–Trinajstić information content (AvgIpc) is 2.85. The van der Waals surface area contributed by atoms with Gasteiger partial charge in [0, 0.05) is 18.1 Å². The van der Waals surface area contributed by atoms with Gasteiger partial charge in [0.25, 0.3) is 5.56 Å². The quantitative estimate of drug-likeness (QED) is 0.310. The highest BCUT2D eigenvalue weighted by atomic mass is 35.5. The first-order chi connectivity index (χ1) is 17.6. The molecule has 9 heteroatoms. The van der Waals surface area contributed by atoms with E-state index >= 15 is 0 Å². The van der Waals surface area contributed by atoms with E-state index in [9.17, 15) is 14.7 Å². The number of aliphatic hydroxyl groups is 1. The number of hydrogen-bond donors (Lipinski definition) is 1. The van der Waals surface area contributed by atoms with Crippen LogP contribution in [0, 0.1) is 0 Å². The van der Waals surface area contributed by atoms with Gasteiger partial charge in [-0.2, -0.15) is 0 Å². The Bertz CT molecular complexity index is 1530. The Kier molecular flexibility index (Phi) is 6.64. The van der Waals surface area contributed by atoms with Gasteiger partial charge in [-0.3, -0.25) is 9.36 Å². The van der Waals surface area contributed by atoms with Crippen molar-refractivity contribution in [3.63, 3.8) is 0 Å². The van der Waals surface area contributed by atoms with Crippen molar-refractivity contribution in [3.05, 3.63) is 81.6 Å². The normalized spacial score (nSPS) is 18.4. The Labute approximate surface area is 219 Å². The second kappa shape index (κ2) is 9.76. The summed E-state index contributed by atoms with van der Waals surface area (Å²) >= 11 is 5.95. The van der Waals surface area contributed by atoms with Gasteiger partial charge in [-0.05, 0) is 62.3 Å². The smallest absolute Gasteiger partial charge is 0.410 e. The molecule has 2 aromatic heterocycles. The van der Waals surface area contributed by atoms with Gasteiger partial charge in [-0.15, -0.1) is 0 Å². The number of benzene rings is 2. The fourth-order valence-electron chi connectivity index (χ4n) is 4.90. The number of halogens is 1. The Morgan fingerprint density at radius 1 is 1.14 bits per heavy atom. The van der Waals surface area contributed by atoms with E-state index in [1.54, 1.807) is 33.0 Å². The summed E-state index contributed by atoms with van der Waals surface area (Å²) in [7, 11) is 0. The van der Waals surface area contributed by atoms with Crippen LogP contribution in [0.3, 0.4) is 0 Å². The predicted molar refractivity (Wildman–Crippen MR) is 143 cm³/mol. The number of carbonyl (C=O) groups is 1. The van der Waals surface area contributed by atoms with Crippen LogP contribution in [0.5, 0.6) is 0 Å². The first-order valence-electron chi connectivity index (χ1n) is 12.3. The molecular weight excluding hydrogens is 492 g/mol. The van der Waals surface area contributed by atoms with Crippen molar-refractivity contribution >= 4 is 39.4 Å². The lowest BCUT2D eigenvalue weighted by Crippen LogP contribution is -2.50. The molecule has 1 N–H and O–H groups in total. The van der Waals surface area contributed by atoms with Gasteiger partial charge < -0.3 is 14.7 Å². The number of ether oxygens (including phenoxy) is 1. The molecule has 1 saturated heterocycles. The van der Waals surface area contributed by atoms with Gasteiger partial charge in [0.1, 0.15) is 10.8 Å². The number of likely N-dealkylation sites (tertiary alicyclic amines) is 1. The molecule has 0 unspecified atom stereocenters. The van der Waals surface area contributed by atoms with Gasteiger partial charge >= 0.3 is 6.09 Å². The molecular formula is C28H29ClN4O4. The molecule has 2 atom stereocenters. The molecule has 1 fully saturated rings. The minimum atomic E-state index is -0.932. The van der Waals surface area contributed by atoms with Gasteiger partial charge in [0.15, 0.2) is 0 Å². The zero-order valence-corrected chi connectivity index (χ0v) is 21.8. The Morgan fingerprint density at radius 2 is 1.89 bits per heavy atom. The topological polar surface area (TPSA) is 97.5 Å². The molecule has 0 spiro atoms. The summed E-state index contributed by atoms with van der Waals surface area (Å²) in [5.41, 5.74) is 1.73. The Balaban J connectivity index is 1.51. The molecule has 0 bridgehead atoms. The minimum Gasteiger partial charge on any atom is -0.444 e. The third-order valence-corrected chi connectivity index (χ3v) is 6.84. The summed E-state index contributed by atoms with van der Waals surface area (Å²) in [5.74, 6) is 0. The van der Waals surface area contributed by atoms with Crippen LogP contribution in [0.15, 0.2) is 59.8 Å². The highest BCUT2D eigenvalue weighted by Crippen LogP contribution is 2.29. The fourth-order valence-corrected chi connectivity index (χ4v) is 5.01. The molecule has 3 heterocycles. The van der Waals surface area contributed by atoms with E-state index in [2.05, 4.69) is 9.97 Å². The van der Waals surface area contributed by atoms with Crippen molar-refractivity contribution in [2.24, 2.45) is 0 Å². The maximum Gasteiger partial charge on any atom is 0.410 e. The first kappa shape index (κ1) is 25.2. The monoisotopic (exact) mass is 520 g/mol. The summed E-state index contributed by atoms with van der Waals surface area (Å²) in [6.45, 7) is 5.85. The lowest BCUT2D eigenvalue weighted by atomic mass is 9.96.